The number of esters is 1. The van der Waals surface area contributed by atoms with Crippen LogP contribution in [0.15, 0.2) is 97.1 Å². The van der Waals surface area contributed by atoms with Gasteiger partial charge in [0, 0.05) is 29.9 Å². The number of rotatable bonds is 7. The molecule has 0 radical (unpaired) electrons. The Hall–Kier alpha value is -5.03. The van der Waals surface area contributed by atoms with Crippen LogP contribution in [0.1, 0.15) is 98.5 Å². The maximum atomic E-state index is 12.6. The maximum absolute atomic E-state index is 12.6. The summed E-state index contributed by atoms with van der Waals surface area (Å²) >= 11 is 0. The van der Waals surface area contributed by atoms with E-state index in [1.54, 1.807) is 6.92 Å². The Labute approximate surface area is 356 Å². The summed E-state index contributed by atoms with van der Waals surface area (Å²) in [6, 6.07) is 27.3. The van der Waals surface area contributed by atoms with E-state index in [1.165, 1.54) is 31.2 Å². The number of alkyl halides is 6. The zero-order valence-electron chi connectivity index (χ0n) is 34.4. The van der Waals surface area contributed by atoms with Gasteiger partial charge in [-0.2, -0.15) is 0 Å². The summed E-state index contributed by atoms with van der Waals surface area (Å²) in [5.74, 6) is -1.37. The first kappa shape index (κ1) is 46.5. The Balaban J connectivity index is 0.000000183. The van der Waals surface area contributed by atoms with E-state index in [2.05, 4.69) is 49.1 Å². The Morgan fingerprint density at radius 3 is 1.42 bits per heavy atom. The lowest BCUT2D eigenvalue weighted by Gasteiger charge is -2.41. The summed E-state index contributed by atoms with van der Waals surface area (Å²) in [4.78, 5) is 9.82. The van der Waals surface area contributed by atoms with Gasteiger partial charge in [0.2, 0.25) is 0 Å². The predicted molar refractivity (Wildman–Crippen MR) is 217 cm³/mol. The van der Waals surface area contributed by atoms with Crippen LogP contribution in [0.2, 0.25) is 0 Å². The summed E-state index contributed by atoms with van der Waals surface area (Å²) in [6.45, 7) is 6.10. The van der Waals surface area contributed by atoms with E-state index in [1.807, 2.05) is 36.4 Å². The van der Waals surface area contributed by atoms with Crippen LogP contribution >= 0.6 is 0 Å². The molecule has 6 atom stereocenters. The van der Waals surface area contributed by atoms with Crippen molar-refractivity contribution >= 4 is 5.97 Å². The van der Waals surface area contributed by atoms with Crippen molar-refractivity contribution in [3.63, 3.8) is 0 Å². The van der Waals surface area contributed by atoms with Crippen molar-refractivity contribution in [2.45, 2.75) is 100 Å². The highest BCUT2D eigenvalue weighted by Gasteiger charge is 2.50. The molecule has 4 aliphatic rings. The van der Waals surface area contributed by atoms with Crippen molar-refractivity contribution < 1.29 is 65.0 Å². The molecule has 0 aliphatic carbocycles. The second kappa shape index (κ2) is 20.0. The highest BCUT2D eigenvalue weighted by molar-refractivity contribution is 5.65. The quantitative estimate of drug-likeness (QED) is 0.105. The summed E-state index contributed by atoms with van der Waals surface area (Å²) in [5, 5.41) is 27.6. The van der Waals surface area contributed by atoms with E-state index >= 15 is 0 Å². The molecule has 0 unspecified atom stereocenters. The second-order valence-corrected chi connectivity index (χ2v) is 15.8. The minimum atomic E-state index is -4.77. The molecule has 0 aromatic heterocycles. The molecule has 8 rings (SSSR count). The van der Waals surface area contributed by atoms with E-state index in [4.69, 9.17) is 9.47 Å². The first-order valence-electron chi connectivity index (χ1n) is 20.6. The topological polar surface area (TPSA) is 128 Å². The van der Waals surface area contributed by atoms with E-state index in [0.29, 0.717) is 43.8 Å². The molecule has 0 saturated carbocycles. The lowest BCUT2D eigenvalue weighted by atomic mass is 9.77. The van der Waals surface area contributed by atoms with Gasteiger partial charge in [-0.15, -0.1) is 26.3 Å². The number of carbonyl (C=O) groups is 1. The summed E-state index contributed by atoms with van der Waals surface area (Å²) < 4.78 is 100. The van der Waals surface area contributed by atoms with Gasteiger partial charge in [0.15, 0.2) is 0 Å². The summed E-state index contributed by atoms with van der Waals surface area (Å²) in [7, 11) is 0. The summed E-state index contributed by atoms with van der Waals surface area (Å²) in [6.07, 6.45) is -4.69. The third-order valence-electron chi connectivity index (χ3n) is 11.6. The van der Waals surface area contributed by atoms with Gasteiger partial charge in [-0.25, -0.2) is 0 Å². The Morgan fingerprint density at radius 2 is 1.08 bits per heavy atom. The van der Waals surface area contributed by atoms with Crippen LogP contribution in [0.4, 0.5) is 26.3 Å². The van der Waals surface area contributed by atoms with Gasteiger partial charge in [0.05, 0.1) is 43.1 Å². The average molecular weight is 875 g/mol. The van der Waals surface area contributed by atoms with Gasteiger partial charge >= 0.3 is 18.7 Å². The number of nitrogens with one attached hydrogen (secondary N) is 2. The maximum Gasteiger partial charge on any atom is 0.573 e. The lowest BCUT2D eigenvalue weighted by molar-refractivity contribution is -0.275. The van der Waals surface area contributed by atoms with Gasteiger partial charge in [-0.05, 0) is 106 Å². The van der Waals surface area contributed by atoms with Crippen LogP contribution in [0, 0.1) is 0 Å². The molecule has 4 aromatic rings. The third kappa shape index (κ3) is 11.9. The molecular weight excluding hydrogens is 822 g/mol. The highest BCUT2D eigenvalue weighted by atomic mass is 19.4. The number of piperidine rings is 2. The number of carbonyl (C=O) groups excluding carboxylic acids is 1. The molecule has 0 amide bonds. The molecule has 2 spiro atoms. The fraction of sp³-hybridized carbons (Fsp3) is 0.457. The zero-order chi connectivity index (χ0) is 44.5. The third-order valence-corrected chi connectivity index (χ3v) is 11.6. The summed E-state index contributed by atoms with van der Waals surface area (Å²) in [5.41, 5.74) is 2.21. The van der Waals surface area contributed by atoms with Crippen LogP contribution in [-0.2, 0) is 19.0 Å². The SMILES string of the molecule is CCOC(C)=O.Oc1ccc(OC(F)(F)F)cc1[C@@H]1CO[C@]2(CCCN[C@H]2c2ccccc2)C1.Oc1ccc(OC(F)(F)F)cc1[C@@H]1CO[C@]2(CCCN[C@H]2c2ccccc2)C1. The Kier molecular flexibility index (Phi) is 15.0. The molecule has 62 heavy (non-hydrogen) atoms. The number of halogens is 6. The molecule has 4 saturated heterocycles. The molecule has 4 heterocycles. The van der Waals surface area contributed by atoms with Crippen LogP contribution in [0.3, 0.4) is 0 Å². The van der Waals surface area contributed by atoms with E-state index in [0.717, 1.165) is 62.0 Å². The standard InChI is InChI=1S/2C21H22F3NO3.C4H8O2/c2*22-21(23,24)28-16-7-8-18(26)17(11-16)15-12-20(27-13-15)9-4-10-25-19(20)14-5-2-1-3-6-14;1-3-6-4(2)5/h2*1-3,5-8,11,15,19,25-26H,4,9-10,12-13H2;3H2,1-2H3/t2*15-,19-,20+;/m00./s1. The molecule has 336 valence electrons. The van der Waals surface area contributed by atoms with Gasteiger partial charge < -0.3 is 44.5 Å². The number of phenols is 2. The van der Waals surface area contributed by atoms with Gasteiger partial charge in [-0.1, -0.05) is 60.7 Å². The number of ether oxygens (including phenoxy) is 5. The number of hydrogen-bond donors (Lipinski definition) is 4. The zero-order valence-corrected chi connectivity index (χ0v) is 34.4. The first-order valence-corrected chi connectivity index (χ1v) is 20.6. The minimum Gasteiger partial charge on any atom is -0.508 e. The van der Waals surface area contributed by atoms with Crippen molar-refractivity contribution in [1.82, 2.24) is 10.6 Å². The van der Waals surface area contributed by atoms with Crippen LogP contribution in [0.5, 0.6) is 23.0 Å². The molecule has 4 aliphatic heterocycles. The predicted octanol–water partition coefficient (Wildman–Crippen LogP) is 9.89. The van der Waals surface area contributed by atoms with Gasteiger partial charge in [0.1, 0.15) is 23.0 Å². The van der Waals surface area contributed by atoms with Crippen LogP contribution in [-0.4, -0.2) is 73.0 Å². The molecule has 0 bridgehead atoms. The number of phenolic OH excluding ortho intramolecular Hbond substituents is 2. The monoisotopic (exact) mass is 874 g/mol. The smallest absolute Gasteiger partial charge is 0.508 e. The van der Waals surface area contributed by atoms with E-state index in [9.17, 15) is 41.4 Å². The Morgan fingerprint density at radius 1 is 0.677 bits per heavy atom. The van der Waals surface area contributed by atoms with Gasteiger partial charge in [-0.3, -0.25) is 4.79 Å². The van der Waals surface area contributed by atoms with Crippen molar-refractivity contribution in [3.8, 4) is 23.0 Å². The molecule has 4 N–H and O–H groups in total. The fourth-order valence-electron chi connectivity index (χ4n) is 9.13. The second-order valence-electron chi connectivity index (χ2n) is 15.8. The van der Waals surface area contributed by atoms with Crippen LogP contribution < -0.4 is 20.1 Å². The van der Waals surface area contributed by atoms with E-state index < -0.39 is 23.9 Å². The van der Waals surface area contributed by atoms with Crippen molar-refractivity contribution in [2.75, 3.05) is 32.9 Å². The van der Waals surface area contributed by atoms with Crippen molar-refractivity contribution in [1.29, 1.82) is 0 Å². The molecule has 16 heteroatoms. The Bertz CT molecular complexity index is 1940. The van der Waals surface area contributed by atoms with E-state index in [-0.39, 0.29) is 52.9 Å². The normalized spacial score (nSPS) is 25.9. The highest BCUT2D eigenvalue weighted by Crippen LogP contribution is 2.51. The van der Waals surface area contributed by atoms with Crippen molar-refractivity contribution in [3.05, 3.63) is 119 Å². The molecular formula is C46H52F6N2O8. The molecule has 4 fully saturated rings. The first-order chi connectivity index (χ1) is 29.5. The minimum absolute atomic E-state index is 0.00389. The van der Waals surface area contributed by atoms with Gasteiger partial charge in [0.25, 0.3) is 0 Å². The largest absolute Gasteiger partial charge is 0.573 e. The number of aromatic hydroxyl groups is 2. The number of hydrogen-bond acceptors (Lipinski definition) is 10. The van der Waals surface area contributed by atoms with Crippen LogP contribution in [0.25, 0.3) is 0 Å². The number of benzene rings is 4. The molecule has 10 nitrogen and oxygen atoms in total. The average Bonchev–Trinajstić information content (AvgIpc) is 3.84. The van der Waals surface area contributed by atoms with Crippen molar-refractivity contribution in [2.24, 2.45) is 0 Å². The molecule has 4 aromatic carbocycles. The lowest BCUT2D eigenvalue weighted by Crippen LogP contribution is -2.48. The fourth-order valence-corrected chi connectivity index (χ4v) is 9.13.